The maximum atomic E-state index is 9.77. The highest BCUT2D eigenvalue weighted by Crippen LogP contribution is 2.59. The van der Waals surface area contributed by atoms with Gasteiger partial charge in [0.25, 0.3) is 0 Å². The van der Waals surface area contributed by atoms with Gasteiger partial charge in [0.15, 0.2) is 0 Å². The molecule has 0 aromatic carbocycles. The highest BCUT2D eigenvalue weighted by Gasteiger charge is 2.52. The molecule has 88 valence electrons. The van der Waals surface area contributed by atoms with E-state index in [1.165, 1.54) is 25.7 Å². The van der Waals surface area contributed by atoms with Gasteiger partial charge in [-0.1, -0.05) is 13.3 Å². The first kappa shape index (κ1) is 11.4. The van der Waals surface area contributed by atoms with Gasteiger partial charge in [-0.2, -0.15) is 0 Å². The third kappa shape index (κ3) is 1.83. The fraction of sp³-hybridized carbons (Fsp3) is 1.00. The summed E-state index contributed by atoms with van der Waals surface area (Å²) in [7, 11) is 1.76. The van der Waals surface area contributed by atoms with Crippen LogP contribution in [-0.2, 0) is 4.74 Å². The molecule has 2 nitrogen and oxygen atoms in total. The molecule has 4 unspecified atom stereocenters. The van der Waals surface area contributed by atoms with Gasteiger partial charge in [0.1, 0.15) is 0 Å². The van der Waals surface area contributed by atoms with Crippen LogP contribution in [0.25, 0.3) is 0 Å². The van der Waals surface area contributed by atoms with E-state index in [1.807, 2.05) is 0 Å². The first-order chi connectivity index (χ1) is 7.23. The highest BCUT2D eigenvalue weighted by molar-refractivity contribution is 5.02. The topological polar surface area (TPSA) is 29.5 Å². The van der Waals surface area contributed by atoms with E-state index in [-0.39, 0.29) is 5.41 Å². The van der Waals surface area contributed by atoms with Crippen molar-refractivity contribution in [2.45, 2.75) is 39.0 Å². The van der Waals surface area contributed by atoms with E-state index in [2.05, 4.69) is 6.92 Å². The first-order valence-corrected chi connectivity index (χ1v) is 6.32. The lowest BCUT2D eigenvalue weighted by Crippen LogP contribution is -2.38. The van der Waals surface area contributed by atoms with E-state index in [0.717, 1.165) is 24.9 Å². The molecule has 2 saturated carbocycles. The minimum Gasteiger partial charge on any atom is -0.396 e. The third-order valence-electron chi connectivity index (χ3n) is 5.05. The summed E-state index contributed by atoms with van der Waals surface area (Å²) in [4.78, 5) is 0. The molecule has 0 saturated heterocycles. The van der Waals surface area contributed by atoms with E-state index < -0.39 is 0 Å². The number of ether oxygens (including phenoxy) is 1. The molecule has 15 heavy (non-hydrogen) atoms. The number of fused-ring (bicyclic) bond motifs is 2. The number of aliphatic hydroxyl groups excluding tert-OH is 1. The van der Waals surface area contributed by atoms with Crippen LogP contribution in [0.3, 0.4) is 0 Å². The predicted molar refractivity (Wildman–Crippen MR) is 60.6 cm³/mol. The van der Waals surface area contributed by atoms with Gasteiger partial charge in [-0.3, -0.25) is 0 Å². The first-order valence-electron chi connectivity index (χ1n) is 6.32. The molecule has 2 aliphatic carbocycles. The molecule has 2 aliphatic rings. The van der Waals surface area contributed by atoms with Gasteiger partial charge in [-0.15, -0.1) is 0 Å². The van der Waals surface area contributed by atoms with E-state index in [0.29, 0.717) is 12.5 Å². The van der Waals surface area contributed by atoms with Crippen LogP contribution in [0, 0.1) is 23.2 Å². The van der Waals surface area contributed by atoms with Gasteiger partial charge in [0, 0.05) is 20.3 Å². The molecule has 2 fully saturated rings. The molecule has 4 atom stereocenters. The maximum absolute atomic E-state index is 9.77. The van der Waals surface area contributed by atoms with Crippen molar-refractivity contribution in [2.24, 2.45) is 23.2 Å². The van der Waals surface area contributed by atoms with E-state index in [9.17, 15) is 5.11 Å². The van der Waals surface area contributed by atoms with Gasteiger partial charge in [-0.05, 0) is 48.9 Å². The van der Waals surface area contributed by atoms with Gasteiger partial charge in [-0.25, -0.2) is 0 Å². The monoisotopic (exact) mass is 212 g/mol. The Morgan fingerprint density at radius 3 is 2.73 bits per heavy atom. The van der Waals surface area contributed by atoms with Crippen LogP contribution in [0.4, 0.5) is 0 Å². The maximum Gasteiger partial charge on any atom is 0.0492 e. The highest BCUT2D eigenvalue weighted by atomic mass is 16.5. The zero-order valence-electron chi connectivity index (χ0n) is 10.0. The Labute approximate surface area is 93.0 Å². The summed E-state index contributed by atoms with van der Waals surface area (Å²) < 4.78 is 5.16. The minimum absolute atomic E-state index is 0.238. The smallest absolute Gasteiger partial charge is 0.0492 e. The molecule has 1 N–H and O–H groups in total. The van der Waals surface area contributed by atoms with Crippen LogP contribution >= 0.6 is 0 Å². The Hall–Kier alpha value is -0.0800. The van der Waals surface area contributed by atoms with Gasteiger partial charge in [0.05, 0.1) is 0 Å². The Kier molecular flexibility index (Phi) is 3.36. The predicted octanol–water partition coefficient (Wildman–Crippen LogP) is 2.46. The van der Waals surface area contributed by atoms with Crippen molar-refractivity contribution in [3.05, 3.63) is 0 Å². The van der Waals surface area contributed by atoms with Crippen LogP contribution in [0.2, 0.25) is 0 Å². The van der Waals surface area contributed by atoms with E-state index in [4.69, 9.17) is 4.74 Å². The second kappa shape index (κ2) is 4.42. The number of hydrogen-bond acceptors (Lipinski definition) is 2. The Bertz CT molecular complexity index is 217. The average molecular weight is 212 g/mol. The van der Waals surface area contributed by atoms with Crippen molar-refractivity contribution in [3.8, 4) is 0 Å². The molecule has 2 bridgehead atoms. The molecular formula is C13H24O2. The Morgan fingerprint density at radius 2 is 2.27 bits per heavy atom. The van der Waals surface area contributed by atoms with Crippen molar-refractivity contribution in [1.82, 2.24) is 0 Å². The van der Waals surface area contributed by atoms with E-state index >= 15 is 0 Å². The molecule has 2 rings (SSSR count). The summed E-state index contributed by atoms with van der Waals surface area (Å²) in [5, 5.41) is 9.77. The zero-order chi connectivity index (χ0) is 10.9. The summed E-state index contributed by atoms with van der Waals surface area (Å²) in [5.74, 6) is 2.31. The van der Waals surface area contributed by atoms with Gasteiger partial charge in [0.2, 0.25) is 0 Å². The van der Waals surface area contributed by atoms with Crippen LogP contribution in [0.15, 0.2) is 0 Å². The van der Waals surface area contributed by atoms with Crippen molar-refractivity contribution in [1.29, 1.82) is 0 Å². The molecule has 0 heterocycles. The van der Waals surface area contributed by atoms with Gasteiger partial charge < -0.3 is 9.84 Å². The van der Waals surface area contributed by atoms with E-state index in [1.54, 1.807) is 7.11 Å². The van der Waals surface area contributed by atoms with Crippen LogP contribution < -0.4 is 0 Å². The molecule has 2 heteroatoms. The molecule has 0 radical (unpaired) electrons. The Balaban J connectivity index is 2.02. The number of rotatable bonds is 5. The number of aliphatic hydroxyl groups is 1. The summed E-state index contributed by atoms with van der Waals surface area (Å²) in [5.41, 5.74) is 0.238. The fourth-order valence-electron chi connectivity index (χ4n) is 4.02. The molecule has 0 aromatic heterocycles. The average Bonchev–Trinajstić information content (AvgIpc) is 2.85. The van der Waals surface area contributed by atoms with Crippen molar-refractivity contribution >= 4 is 0 Å². The zero-order valence-corrected chi connectivity index (χ0v) is 10.0. The number of methoxy groups -OCH3 is 1. The normalized spacial score (nSPS) is 41.0. The second-order valence-corrected chi connectivity index (χ2v) is 5.65. The minimum atomic E-state index is 0.238. The lowest BCUT2D eigenvalue weighted by molar-refractivity contribution is 0.000998. The SMILES string of the molecule is COCCC(C)C1(CO)CC2CCC1C2. The standard InChI is InChI=1S/C13H24O2/c1-10(5-6-15-2)13(9-14)8-11-3-4-12(13)7-11/h10-12,14H,3-9H2,1-2H3. The second-order valence-electron chi connectivity index (χ2n) is 5.65. The van der Waals surface area contributed by atoms with Crippen molar-refractivity contribution in [2.75, 3.05) is 20.3 Å². The molecular weight excluding hydrogens is 188 g/mol. The summed E-state index contributed by atoms with van der Waals surface area (Å²) >= 11 is 0. The largest absolute Gasteiger partial charge is 0.396 e. The molecule has 0 aliphatic heterocycles. The molecule has 0 spiro atoms. The van der Waals surface area contributed by atoms with Crippen molar-refractivity contribution in [3.63, 3.8) is 0 Å². The quantitative estimate of drug-likeness (QED) is 0.758. The lowest BCUT2D eigenvalue weighted by Gasteiger charge is -2.41. The molecule has 0 aromatic rings. The number of hydrogen-bond donors (Lipinski definition) is 1. The van der Waals surface area contributed by atoms with Gasteiger partial charge >= 0.3 is 0 Å². The molecule has 0 amide bonds. The van der Waals surface area contributed by atoms with Crippen LogP contribution in [-0.4, -0.2) is 25.4 Å². The van der Waals surface area contributed by atoms with Crippen LogP contribution in [0.5, 0.6) is 0 Å². The fourth-order valence-corrected chi connectivity index (χ4v) is 4.02. The summed E-state index contributed by atoms with van der Waals surface area (Å²) in [6.45, 7) is 3.52. The lowest BCUT2D eigenvalue weighted by atomic mass is 9.65. The van der Waals surface area contributed by atoms with Crippen molar-refractivity contribution < 1.29 is 9.84 Å². The summed E-state index contributed by atoms with van der Waals surface area (Å²) in [6, 6.07) is 0. The third-order valence-corrected chi connectivity index (χ3v) is 5.05. The summed E-state index contributed by atoms with van der Waals surface area (Å²) in [6.07, 6.45) is 6.49. The Morgan fingerprint density at radius 1 is 1.47 bits per heavy atom. The van der Waals surface area contributed by atoms with Crippen LogP contribution in [0.1, 0.15) is 39.0 Å².